The number of rotatable bonds is 7. The molecule has 1 amide bonds. The third-order valence-electron chi connectivity index (χ3n) is 4.55. The van der Waals surface area contributed by atoms with Gasteiger partial charge in [0.05, 0.1) is 5.75 Å². The molecule has 30 heavy (non-hydrogen) atoms. The molecule has 2 heterocycles. The molecule has 0 saturated heterocycles. The molecule has 0 bridgehead atoms. The second kappa shape index (κ2) is 8.77. The Balaban J connectivity index is 1.52. The fourth-order valence-electron chi connectivity index (χ4n) is 3.02. The van der Waals surface area contributed by atoms with Crippen molar-refractivity contribution in [1.82, 2.24) is 14.8 Å². The summed E-state index contributed by atoms with van der Waals surface area (Å²) in [5, 5.41) is 13.7. The van der Waals surface area contributed by atoms with Crippen molar-refractivity contribution in [3.63, 3.8) is 0 Å². The number of carbonyl (C=O) groups excluding carboxylic acids is 1. The first-order valence-electron chi connectivity index (χ1n) is 9.27. The van der Waals surface area contributed by atoms with E-state index >= 15 is 0 Å². The monoisotopic (exact) mass is 438 g/mol. The molecule has 2 aromatic carbocycles. The fraction of sp³-hybridized carbons (Fsp3) is 0.136. The molecular formula is C22H19ClN4O2S. The Labute approximate surface area is 182 Å². The Hall–Kier alpha value is -3.03. The molecule has 2 aromatic heterocycles. The molecular weight excluding hydrogens is 420 g/mol. The molecule has 0 aliphatic rings. The summed E-state index contributed by atoms with van der Waals surface area (Å²) >= 11 is 7.42. The molecule has 0 unspecified atom stereocenters. The number of benzene rings is 2. The van der Waals surface area contributed by atoms with Crippen LogP contribution >= 0.6 is 23.4 Å². The first-order valence-corrected chi connectivity index (χ1v) is 10.6. The quantitative estimate of drug-likeness (QED) is 0.301. The topological polar surface area (TPSA) is 73.0 Å². The van der Waals surface area contributed by atoms with Crippen LogP contribution in [0.4, 0.5) is 5.69 Å². The van der Waals surface area contributed by atoms with Gasteiger partial charge < -0.3 is 9.73 Å². The number of para-hydroxylation sites is 1. The van der Waals surface area contributed by atoms with Crippen LogP contribution in [0.1, 0.15) is 5.56 Å². The van der Waals surface area contributed by atoms with Crippen LogP contribution in [0.2, 0.25) is 5.02 Å². The second-order valence-electron chi connectivity index (χ2n) is 6.60. The molecule has 0 saturated carbocycles. The normalized spacial score (nSPS) is 11.0. The number of aromatic nitrogens is 3. The van der Waals surface area contributed by atoms with E-state index in [1.54, 1.807) is 18.2 Å². The van der Waals surface area contributed by atoms with Gasteiger partial charge in [-0.1, -0.05) is 53.7 Å². The highest BCUT2D eigenvalue weighted by Crippen LogP contribution is 2.29. The van der Waals surface area contributed by atoms with Gasteiger partial charge in [-0.3, -0.25) is 9.36 Å². The van der Waals surface area contributed by atoms with Gasteiger partial charge >= 0.3 is 0 Å². The van der Waals surface area contributed by atoms with Gasteiger partial charge in [0.2, 0.25) is 11.7 Å². The van der Waals surface area contributed by atoms with Crippen LogP contribution in [-0.4, -0.2) is 26.4 Å². The van der Waals surface area contributed by atoms with E-state index in [1.165, 1.54) is 11.8 Å². The van der Waals surface area contributed by atoms with Crippen molar-refractivity contribution in [1.29, 1.82) is 0 Å². The van der Waals surface area contributed by atoms with E-state index in [0.29, 0.717) is 34.0 Å². The van der Waals surface area contributed by atoms with Gasteiger partial charge in [-0.15, -0.1) is 16.8 Å². The third kappa shape index (κ3) is 4.13. The molecule has 0 atom stereocenters. The zero-order chi connectivity index (χ0) is 21.1. The smallest absolute Gasteiger partial charge is 0.234 e. The number of thioether (sulfide) groups is 1. The van der Waals surface area contributed by atoms with Crippen molar-refractivity contribution in [2.45, 2.75) is 18.6 Å². The molecule has 1 N–H and O–H groups in total. The molecule has 0 aliphatic carbocycles. The lowest BCUT2D eigenvalue weighted by molar-refractivity contribution is -0.113. The van der Waals surface area contributed by atoms with Crippen molar-refractivity contribution in [2.24, 2.45) is 0 Å². The summed E-state index contributed by atoms with van der Waals surface area (Å²) < 4.78 is 7.81. The number of hydrogen-bond acceptors (Lipinski definition) is 5. The van der Waals surface area contributed by atoms with Crippen LogP contribution in [0.25, 0.3) is 22.6 Å². The Bertz CT molecular complexity index is 1200. The van der Waals surface area contributed by atoms with Gasteiger partial charge in [0.15, 0.2) is 10.9 Å². The van der Waals surface area contributed by atoms with E-state index in [0.717, 1.165) is 16.5 Å². The highest BCUT2D eigenvalue weighted by molar-refractivity contribution is 7.99. The van der Waals surface area contributed by atoms with Crippen molar-refractivity contribution in [3.05, 3.63) is 71.8 Å². The first kappa shape index (κ1) is 20.3. The third-order valence-corrected chi connectivity index (χ3v) is 5.92. The number of nitrogens with one attached hydrogen (secondary N) is 1. The molecule has 0 fully saturated rings. The van der Waals surface area contributed by atoms with Crippen molar-refractivity contribution < 1.29 is 9.21 Å². The Kier molecular flexibility index (Phi) is 5.92. The standard InChI is InChI=1S/C22H19ClN4O2S/c1-3-11-27-21(19-12-15-7-4-5-10-18(15)29-19)25-26-22(27)30-13-20(28)24-17-9-6-8-16(23)14(17)2/h3-10,12H,1,11,13H2,2H3,(H,24,28). The first-order chi connectivity index (χ1) is 14.6. The SMILES string of the molecule is C=CCn1c(SCC(=O)Nc2cccc(Cl)c2C)nnc1-c1cc2ccccc2o1. The van der Waals surface area contributed by atoms with Crippen LogP contribution in [-0.2, 0) is 11.3 Å². The summed E-state index contributed by atoms with van der Waals surface area (Å²) in [7, 11) is 0. The van der Waals surface area contributed by atoms with Gasteiger partial charge in [-0.2, -0.15) is 0 Å². The van der Waals surface area contributed by atoms with Gasteiger partial charge in [0.25, 0.3) is 0 Å². The number of halogens is 1. The number of hydrogen-bond donors (Lipinski definition) is 1. The number of carbonyl (C=O) groups is 1. The molecule has 8 heteroatoms. The van der Waals surface area contributed by atoms with Gasteiger partial charge in [-0.25, -0.2) is 0 Å². The molecule has 4 rings (SSSR count). The number of amides is 1. The summed E-state index contributed by atoms with van der Waals surface area (Å²) in [6, 6.07) is 15.1. The van der Waals surface area contributed by atoms with E-state index in [-0.39, 0.29) is 11.7 Å². The van der Waals surface area contributed by atoms with Crippen LogP contribution in [0, 0.1) is 6.92 Å². The van der Waals surface area contributed by atoms with Gasteiger partial charge in [-0.05, 0) is 36.8 Å². The maximum Gasteiger partial charge on any atom is 0.234 e. The van der Waals surface area contributed by atoms with Crippen LogP contribution in [0.5, 0.6) is 0 Å². The molecule has 0 radical (unpaired) electrons. The number of furan rings is 1. The van der Waals surface area contributed by atoms with E-state index < -0.39 is 0 Å². The summed E-state index contributed by atoms with van der Waals surface area (Å²) in [5.41, 5.74) is 2.31. The second-order valence-corrected chi connectivity index (χ2v) is 7.95. The predicted octanol–water partition coefficient (Wildman–Crippen LogP) is 5.57. The van der Waals surface area contributed by atoms with Gasteiger partial charge in [0, 0.05) is 22.6 Å². The molecule has 4 aromatic rings. The zero-order valence-electron chi connectivity index (χ0n) is 16.3. The van der Waals surface area contributed by atoms with Crippen molar-refractivity contribution in [3.8, 4) is 11.6 Å². The highest BCUT2D eigenvalue weighted by atomic mass is 35.5. The minimum absolute atomic E-state index is 0.149. The summed E-state index contributed by atoms with van der Waals surface area (Å²) in [4.78, 5) is 12.4. The molecule has 0 spiro atoms. The van der Waals surface area contributed by atoms with E-state index in [1.807, 2.05) is 47.9 Å². The van der Waals surface area contributed by atoms with Crippen molar-refractivity contribution >= 4 is 45.9 Å². The lowest BCUT2D eigenvalue weighted by Crippen LogP contribution is -2.15. The Morgan fingerprint density at radius 2 is 2.10 bits per heavy atom. The number of anilines is 1. The molecule has 152 valence electrons. The summed E-state index contributed by atoms with van der Waals surface area (Å²) in [6.07, 6.45) is 1.76. The maximum atomic E-state index is 12.4. The number of allylic oxidation sites excluding steroid dienone is 1. The Morgan fingerprint density at radius 3 is 2.90 bits per heavy atom. The Morgan fingerprint density at radius 1 is 1.27 bits per heavy atom. The lowest BCUT2D eigenvalue weighted by Gasteiger charge is -2.09. The van der Waals surface area contributed by atoms with Gasteiger partial charge in [0.1, 0.15) is 5.58 Å². The maximum absolute atomic E-state index is 12.4. The lowest BCUT2D eigenvalue weighted by atomic mass is 10.2. The molecule has 6 nitrogen and oxygen atoms in total. The minimum atomic E-state index is -0.149. The average Bonchev–Trinajstić information content (AvgIpc) is 3.34. The minimum Gasteiger partial charge on any atom is -0.453 e. The number of fused-ring (bicyclic) bond motifs is 1. The van der Waals surface area contributed by atoms with E-state index in [2.05, 4.69) is 22.1 Å². The van der Waals surface area contributed by atoms with E-state index in [4.69, 9.17) is 16.0 Å². The van der Waals surface area contributed by atoms with Crippen LogP contribution in [0.15, 0.2) is 70.8 Å². The van der Waals surface area contributed by atoms with E-state index in [9.17, 15) is 4.79 Å². The number of nitrogens with zero attached hydrogens (tertiary/aromatic N) is 3. The predicted molar refractivity (Wildman–Crippen MR) is 121 cm³/mol. The molecule has 0 aliphatic heterocycles. The fourth-order valence-corrected chi connectivity index (χ4v) is 3.95. The van der Waals surface area contributed by atoms with Crippen LogP contribution in [0.3, 0.4) is 0 Å². The average molecular weight is 439 g/mol. The summed E-state index contributed by atoms with van der Waals surface area (Å²) in [5.74, 6) is 1.25. The highest BCUT2D eigenvalue weighted by Gasteiger charge is 2.18. The largest absolute Gasteiger partial charge is 0.453 e. The zero-order valence-corrected chi connectivity index (χ0v) is 17.8. The van der Waals surface area contributed by atoms with Crippen molar-refractivity contribution in [2.75, 3.05) is 11.1 Å². The summed E-state index contributed by atoms with van der Waals surface area (Å²) in [6.45, 7) is 6.18. The van der Waals surface area contributed by atoms with Crippen LogP contribution < -0.4 is 5.32 Å².